The average molecular weight is 260 g/mol. The normalized spacial score (nSPS) is 20.6. The first-order valence-electron chi connectivity index (χ1n) is 6.91. The standard InChI is InChI=1S/C17H24S/c1-17(2,3)15-9-7-8-14(12-15)13-18-16-10-5-4-6-11-16/h4-6,8,10-11,15H,7,9,12-13H2,1-3H3/t15-/m0/s1. The van der Waals surface area contributed by atoms with Gasteiger partial charge in [-0.2, -0.15) is 0 Å². The van der Waals surface area contributed by atoms with E-state index in [-0.39, 0.29) is 0 Å². The highest BCUT2D eigenvalue weighted by Gasteiger charge is 2.26. The van der Waals surface area contributed by atoms with E-state index in [1.54, 1.807) is 5.57 Å². The summed E-state index contributed by atoms with van der Waals surface area (Å²) in [5, 5.41) is 0. The Hall–Kier alpha value is -0.690. The number of hydrogen-bond acceptors (Lipinski definition) is 1. The molecule has 0 saturated carbocycles. The minimum Gasteiger partial charge on any atom is -0.122 e. The van der Waals surface area contributed by atoms with Crippen molar-refractivity contribution in [3.05, 3.63) is 42.0 Å². The molecule has 98 valence electrons. The van der Waals surface area contributed by atoms with Gasteiger partial charge in [-0.1, -0.05) is 50.6 Å². The first-order chi connectivity index (χ1) is 8.55. The third kappa shape index (κ3) is 3.91. The Morgan fingerprint density at radius 2 is 1.89 bits per heavy atom. The lowest BCUT2D eigenvalue weighted by Gasteiger charge is -2.34. The average Bonchev–Trinajstić information content (AvgIpc) is 2.37. The molecule has 0 aliphatic heterocycles. The predicted octanol–water partition coefficient (Wildman–Crippen LogP) is 5.55. The van der Waals surface area contributed by atoms with Crippen LogP contribution in [0.4, 0.5) is 0 Å². The Bertz CT molecular complexity index is 397. The second kappa shape index (κ2) is 5.97. The highest BCUT2D eigenvalue weighted by molar-refractivity contribution is 7.99. The number of thioether (sulfide) groups is 1. The van der Waals surface area contributed by atoms with Crippen molar-refractivity contribution in [1.29, 1.82) is 0 Å². The van der Waals surface area contributed by atoms with Crippen molar-refractivity contribution in [3.63, 3.8) is 0 Å². The highest BCUT2D eigenvalue weighted by atomic mass is 32.2. The minimum atomic E-state index is 0.455. The molecular weight excluding hydrogens is 236 g/mol. The summed E-state index contributed by atoms with van der Waals surface area (Å²) < 4.78 is 0. The molecule has 0 saturated heterocycles. The summed E-state index contributed by atoms with van der Waals surface area (Å²) in [6.07, 6.45) is 6.40. The van der Waals surface area contributed by atoms with E-state index in [1.165, 1.54) is 24.2 Å². The van der Waals surface area contributed by atoms with Crippen LogP contribution in [0.5, 0.6) is 0 Å². The van der Waals surface area contributed by atoms with Crippen LogP contribution in [0.3, 0.4) is 0 Å². The quantitative estimate of drug-likeness (QED) is 0.507. The zero-order chi connectivity index (χ0) is 13.0. The largest absolute Gasteiger partial charge is 0.122 e. The van der Waals surface area contributed by atoms with Gasteiger partial charge in [-0.25, -0.2) is 0 Å². The number of hydrogen-bond donors (Lipinski definition) is 0. The molecule has 0 N–H and O–H groups in total. The maximum Gasteiger partial charge on any atom is 0.0190 e. The molecule has 0 radical (unpaired) electrons. The van der Waals surface area contributed by atoms with Crippen LogP contribution in [0.25, 0.3) is 0 Å². The van der Waals surface area contributed by atoms with E-state index < -0.39 is 0 Å². The second-order valence-corrected chi connectivity index (χ2v) is 7.36. The van der Waals surface area contributed by atoms with Gasteiger partial charge < -0.3 is 0 Å². The molecule has 0 fully saturated rings. The van der Waals surface area contributed by atoms with E-state index in [1.807, 2.05) is 11.8 Å². The van der Waals surface area contributed by atoms with Crippen molar-refractivity contribution in [2.45, 2.75) is 44.9 Å². The van der Waals surface area contributed by atoms with Crippen molar-refractivity contribution in [2.75, 3.05) is 5.75 Å². The molecule has 1 aliphatic rings. The lowest BCUT2D eigenvalue weighted by atomic mass is 9.72. The SMILES string of the molecule is CC(C)(C)[C@H]1CCC=C(CSc2ccccc2)C1. The molecule has 0 amide bonds. The summed E-state index contributed by atoms with van der Waals surface area (Å²) in [5.74, 6) is 2.02. The van der Waals surface area contributed by atoms with Crippen LogP contribution >= 0.6 is 11.8 Å². The van der Waals surface area contributed by atoms with Gasteiger partial charge in [-0.05, 0) is 42.7 Å². The smallest absolute Gasteiger partial charge is 0.0190 e. The van der Waals surface area contributed by atoms with Gasteiger partial charge >= 0.3 is 0 Å². The van der Waals surface area contributed by atoms with Crippen LogP contribution < -0.4 is 0 Å². The van der Waals surface area contributed by atoms with Gasteiger partial charge in [0.15, 0.2) is 0 Å². The van der Waals surface area contributed by atoms with E-state index in [0.717, 1.165) is 11.7 Å². The Kier molecular flexibility index (Phi) is 4.55. The predicted molar refractivity (Wildman–Crippen MR) is 82.0 cm³/mol. The Morgan fingerprint density at radius 3 is 2.56 bits per heavy atom. The van der Waals surface area contributed by atoms with Crippen molar-refractivity contribution in [1.82, 2.24) is 0 Å². The zero-order valence-corrected chi connectivity index (χ0v) is 12.6. The van der Waals surface area contributed by atoms with E-state index in [9.17, 15) is 0 Å². The van der Waals surface area contributed by atoms with E-state index in [2.05, 4.69) is 57.2 Å². The maximum absolute atomic E-state index is 2.47. The zero-order valence-electron chi connectivity index (χ0n) is 11.8. The fourth-order valence-corrected chi connectivity index (χ4v) is 3.48. The molecule has 1 heteroatoms. The van der Waals surface area contributed by atoms with Crippen LogP contribution in [0.15, 0.2) is 46.9 Å². The Balaban J connectivity index is 1.89. The molecule has 0 nitrogen and oxygen atoms in total. The monoisotopic (exact) mass is 260 g/mol. The molecule has 1 aromatic carbocycles. The summed E-state index contributed by atoms with van der Waals surface area (Å²) in [5.41, 5.74) is 2.10. The molecule has 0 aromatic heterocycles. The fourth-order valence-electron chi connectivity index (χ4n) is 2.54. The van der Waals surface area contributed by atoms with E-state index in [4.69, 9.17) is 0 Å². The summed E-state index contributed by atoms with van der Waals surface area (Å²) >= 11 is 1.97. The van der Waals surface area contributed by atoms with Gasteiger partial charge in [-0.3, -0.25) is 0 Å². The molecule has 1 aliphatic carbocycles. The minimum absolute atomic E-state index is 0.455. The molecule has 1 aromatic rings. The molecule has 18 heavy (non-hydrogen) atoms. The molecule has 1 atom stereocenters. The first-order valence-corrected chi connectivity index (χ1v) is 7.90. The molecule has 2 rings (SSSR count). The third-order valence-electron chi connectivity index (χ3n) is 3.85. The van der Waals surface area contributed by atoms with Crippen LogP contribution in [0.2, 0.25) is 0 Å². The van der Waals surface area contributed by atoms with E-state index >= 15 is 0 Å². The molecular formula is C17H24S. The van der Waals surface area contributed by atoms with Crippen molar-refractivity contribution < 1.29 is 0 Å². The van der Waals surface area contributed by atoms with Gasteiger partial charge in [0.05, 0.1) is 0 Å². The van der Waals surface area contributed by atoms with Gasteiger partial charge in [-0.15, -0.1) is 11.8 Å². The van der Waals surface area contributed by atoms with Gasteiger partial charge in [0.25, 0.3) is 0 Å². The van der Waals surface area contributed by atoms with Crippen LogP contribution in [-0.2, 0) is 0 Å². The van der Waals surface area contributed by atoms with Crippen molar-refractivity contribution >= 4 is 11.8 Å². The van der Waals surface area contributed by atoms with Crippen LogP contribution in [0, 0.1) is 11.3 Å². The summed E-state index contributed by atoms with van der Waals surface area (Å²) in [6, 6.07) is 10.7. The maximum atomic E-state index is 2.47. The summed E-state index contributed by atoms with van der Waals surface area (Å²) in [7, 11) is 0. The first kappa shape index (κ1) is 13.7. The van der Waals surface area contributed by atoms with Crippen LogP contribution in [0.1, 0.15) is 40.0 Å². The number of benzene rings is 1. The topological polar surface area (TPSA) is 0 Å². The lowest BCUT2D eigenvalue weighted by Crippen LogP contribution is -2.23. The van der Waals surface area contributed by atoms with Gasteiger partial charge in [0, 0.05) is 10.6 Å². The lowest BCUT2D eigenvalue weighted by molar-refractivity contribution is 0.219. The molecule has 0 bridgehead atoms. The Labute approximate surface area is 116 Å². The van der Waals surface area contributed by atoms with Crippen molar-refractivity contribution in [3.8, 4) is 0 Å². The number of rotatable bonds is 3. The molecule has 0 unspecified atom stereocenters. The van der Waals surface area contributed by atoms with Crippen LogP contribution in [-0.4, -0.2) is 5.75 Å². The third-order valence-corrected chi connectivity index (χ3v) is 4.97. The fraction of sp³-hybridized carbons (Fsp3) is 0.529. The van der Waals surface area contributed by atoms with Gasteiger partial charge in [0.2, 0.25) is 0 Å². The number of allylic oxidation sites excluding steroid dienone is 1. The second-order valence-electron chi connectivity index (χ2n) is 6.31. The van der Waals surface area contributed by atoms with Crippen molar-refractivity contribution in [2.24, 2.45) is 11.3 Å². The Morgan fingerprint density at radius 1 is 1.17 bits per heavy atom. The van der Waals surface area contributed by atoms with Gasteiger partial charge in [0.1, 0.15) is 0 Å². The highest BCUT2D eigenvalue weighted by Crippen LogP contribution is 2.39. The summed E-state index contributed by atoms with van der Waals surface area (Å²) in [6.45, 7) is 7.14. The summed E-state index contributed by atoms with van der Waals surface area (Å²) in [4.78, 5) is 1.39. The van der Waals surface area contributed by atoms with E-state index in [0.29, 0.717) is 5.41 Å². The molecule has 0 heterocycles. The molecule has 0 spiro atoms.